The standard InChI is InChI=1S/C15H22N2O3S/c1-12(17(2)10-13-6-4-3-5-7-13)15(18)16-14-8-9-21(19,20)11-14/h3-7,12,14H,8-11H2,1-2H3,(H,16,18)/t12-,14-/m0/s1. The van der Waals surface area contributed by atoms with Crippen LogP contribution < -0.4 is 5.32 Å². The zero-order valence-electron chi connectivity index (χ0n) is 12.5. The Balaban J connectivity index is 1.87. The van der Waals surface area contributed by atoms with Crippen molar-refractivity contribution in [3.05, 3.63) is 35.9 Å². The van der Waals surface area contributed by atoms with Gasteiger partial charge in [-0.15, -0.1) is 0 Å². The molecule has 0 radical (unpaired) electrons. The van der Waals surface area contributed by atoms with Crippen LogP contribution in [0.4, 0.5) is 0 Å². The van der Waals surface area contributed by atoms with Gasteiger partial charge in [-0.25, -0.2) is 8.42 Å². The maximum absolute atomic E-state index is 12.2. The maximum atomic E-state index is 12.2. The summed E-state index contributed by atoms with van der Waals surface area (Å²) in [7, 11) is -1.07. The molecule has 1 aromatic rings. The van der Waals surface area contributed by atoms with Crippen molar-refractivity contribution in [1.29, 1.82) is 0 Å². The number of rotatable bonds is 5. The summed E-state index contributed by atoms with van der Waals surface area (Å²) in [4.78, 5) is 14.1. The van der Waals surface area contributed by atoms with Crippen LogP contribution in [0.25, 0.3) is 0 Å². The number of nitrogens with one attached hydrogen (secondary N) is 1. The Morgan fingerprint density at radius 1 is 1.38 bits per heavy atom. The first-order chi connectivity index (χ1) is 9.87. The van der Waals surface area contributed by atoms with Gasteiger partial charge in [-0.1, -0.05) is 30.3 Å². The van der Waals surface area contributed by atoms with Crippen molar-refractivity contribution in [3.63, 3.8) is 0 Å². The van der Waals surface area contributed by atoms with E-state index in [0.717, 1.165) is 5.56 Å². The molecule has 2 rings (SSSR count). The second-order valence-corrected chi connectivity index (χ2v) is 7.91. The van der Waals surface area contributed by atoms with E-state index in [1.807, 2.05) is 49.2 Å². The molecule has 1 fully saturated rings. The van der Waals surface area contributed by atoms with Gasteiger partial charge in [0.2, 0.25) is 5.91 Å². The molecule has 1 aliphatic heterocycles. The quantitative estimate of drug-likeness (QED) is 0.874. The average molecular weight is 310 g/mol. The number of sulfone groups is 1. The summed E-state index contributed by atoms with van der Waals surface area (Å²) in [5.74, 6) is 0.121. The number of carbonyl (C=O) groups excluding carboxylic acids is 1. The molecule has 1 aromatic carbocycles. The Morgan fingerprint density at radius 2 is 2.05 bits per heavy atom. The van der Waals surface area contributed by atoms with Gasteiger partial charge in [0, 0.05) is 12.6 Å². The van der Waals surface area contributed by atoms with E-state index >= 15 is 0 Å². The molecule has 1 aliphatic rings. The minimum Gasteiger partial charge on any atom is -0.351 e. The number of likely N-dealkylation sites (N-methyl/N-ethyl adjacent to an activating group) is 1. The zero-order valence-corrected chi connectivity index (χ0v) is 13.3. The zero-order chi connectivity index (χ0) is 15.5. The van der Waals surface area contributed by atoms with E-state index < -0.39 is 9.84 Å². The summed E-state index contributed by atoms with van der Waals surface area (Å²) < 4.78 is 22.8. The molecule has 116 valence electrons. The number of amides is 1. The summed E-state index contributed by atoms with van der Waals surface area (Å²) in [6.07, 6.45) is 0.517. The van der Waals surface area contributed by atoms with Gasteiger partial charge in [-0.3, -0.25) is 9.69 Å². The Bertz CT molecular complexity index is 586. The molecule has 1 N–H and O–H groups in total. The van der Waals surface area contributed by atoms with Crippen molar-refractivity contribution in [2.24, 2.45) is 0 Å². The Kier molecular flexibility index (Phi) is 5.00. The highest BCUT2D eigenvalue weighted by molar-refractivity contribution is 7.91. The van der Waals surface area contributed by atoms with Gasteiger partial charge in [0.05, 0.1) is 17.5 Å². The van der Waals surface area contributed by atoms with Crippen molar-refractivity contribution >= 4 is 15.7 Å². The molecule has 1 heterocycles. The third kappa shape index (κ3) is 4.54. The second-order valence-electron chi connectivity index (χ2n) is 5.69. The van der Waals surface area contributed by atoms with Crippen LogP contribution >= 0.6 is 0 Å². The van der Waals surface area contributed by atoms with Crippen LogP contribution in [0, 0.1) is 0 Å². The van der Waals surface area contributed by atoms with Crippen LogP contribution in [0.3, 0.4) is 0 Å². The highest BCUT2D eigenvalue weighted by Gasteiger charge is 2.30. The van der Waals surface area contributed by atoms with Crippen LogP contribution in [-0.2, 0) is 21.2 Å². The van der Waals surface area contributed by atoms with Crippen molar-refractivity contribution in [2.75, 3.05) is 18.6 Å². The van der Waals surface area contributed by atoms with E-state index in [1.165, 1.54) is 0 Å². The lowest BCUT2D eigenvalue weighted by Gasteiger charge is -2.25. The van der Waals surface area contributed by atoms with E-state index in [4.69, 9.17) is 0 Å². The molecule has 0 aromatic heterocycles. The molecule has 0 saturated carbocycles. The second kappa shape index (κ2) is 6.58. The number of carbonyl (C=O) groups is 1. The molecule has 2 atom stereocenters. The molecule has 0 bridgehead atoms. The Labute approximate surface area is 126 Å². The molecule has 5 nitrogen and oxygen atoms in total. The van der Waals surface area contributed by atoms with Crippen LogP contribution in [0.5, 0.6) is 0 Å². The fourth-order valence-corrected chi connectivity index (χ4v) is 4.11. The molecule has 1 saturated heterocycles. The smallest absolute Gasteiger partial charge is 0.237 e. The van der Waals surface area contributed by atoms with Gasteiger partial charge in [0.15, 0.2) is 9.84 Å². The monoisotopic (exact) mass is 310 g/mol. The van der Waals surface area contributed by atoms with Gasteiger partial charge >= 0.3 is 0 Å². The topological polar surface area (TPSA) is 66.5 Å². The summed E-state index contributed by atoms with van der Waals surface area (Å²) in [6, 6.07) is 9.40. The molecule has 0 spiro atoms. The van der Waals surface area contributed by atoms with Crippen molar-refractivity contribution in [3.8, 4) is 0 Å². The number of hydrogen-bond acceptors (Lipinski definition) is 4. The lowest BCUT2D eigenvalue weighted by Crippen LogP contribution is -2.47. The van der Waals surface area contributed by atoms with Crippen LogP contribution in [0.15, 0.2) is 30.3 Å². The predicted molar refractivity (Wildman–Crippen MR) is 82.6 cm³/mol. The van der Waals surface area contributed by atoms with E-state index in [-0.39, 0.29) is 29.5 Å². The third-order valence-corrected chi connectivity index (χ3v) is 5.66. The molecular formula is C15H22N2O3S. The van der Waals surface area contributed by atoms with E-state index in [1.54, 1.807) is 0 Å². The normalized spacial score (nSPS) is 22.1. The first-order valence-electron chi connectivity index (χ1n) is 7.12. The largest absolute Gasteiger partial charge is 0.351 e. The maximum Gasteiger partial charge on any atom is 0.237 e. The number of benzene rings is 1. The Morgan fingerprint density at radius 3 is 2.62 bits per heavy atom. The summed E-state index contributed by atoms with van der Waals surface area (Å²) in [6.45, 7) is 2.51. The fourth-order valence-electron chi connectivity index (χ4n) is 2.44. The average Bonchev–Trinajstić information content (AvgIpc) is 2.78. The highest BCUT2D eigenvalue weighted by Crippen LogP contribution is 2.12. The first kappa shape index (κ1) is 16.0. The van der Waals surface area contributed by atoms with E-state index in [9.17, 15) is 13.2 Å². The molecule has 6 heteroatoms. The molecular weight excluding hydrogens is 288 g/mol. The van der Waals surface area contributed by atoms with Crippen molar-refractivity contribution in [2.45, 2.75) is 32.0 Å². The van der Waals surface area contributed by atoms with Gasteiger partial charge in [-0.2, -0.15) is 0 Å². The van der Waals surface area contributed by atoms with Crippen LogP contribution in [0.2, 0.25) is 0 Å². The lowest BCUT2D eigenvalue weighted by atomic mass is 10.1. The lowest BCUT2D eigenvalue weighted by molar-refractivity contribution is -0.126. The fraction of sp³-hybridized carbons (Fsp3) is 0.533. The van der Waals surface area contributed by atoms with Crippen LogP contribution in [0.1, 0.15) is 18.9 Å². The number of nitrogens with zero attached hydrogens (tertiary/aromatic N) is 1. The van der Waals surface area contributed by atoms with Gasteiger partial charge in [0.1, 0.15) is 0 Å². The predicted octanol–water partition coefficient (Wildman–Crippen LogP) is 0.810. The number of hydrogen-bond donors (Lipinski definition) is 1. The van der Waals surface area contributed by atoms with Gasteiger partial charge < -0.3 is 5.32 Å². The van der Waals surface area contributed by atoms with Crippen molar-refractivity contribution < 1.29 is 13.2 Å². The minimum absolute atomic E-state index is 0.0634. The summed E-state index contributed by atoms with van der Waals surface area (Å²) in [5.41, 5.74) is 1.14. The van der Waals surface area contributed by atoms with E-state index in [2.05, 4.69) is 5.32 Å². The molecule has 0 aliphatic carbocycles. The minimum atomic E-state index is -2.96. The molecule has 0 unspecified atom stereocenters. The van der Waals surface area contributed by atoms with E-state index in [0.29, 0.717) is 13.0 Å². The SMILES string of the molecule is C[C@@H](C(=O)N[C@H]1CCS(=O)(=O)C1)N(C)Cc1ccccc1. The first-order valence-corrected chi connectivity index (χ1v) is 8.94. The Hall–Kier alpha value is -1.40. The van der Waals surface area contributed by atoms with Gasteiger partial charge in [0.25, 0.3) is 0 Å². The summed E-state index contributed by atoms with van der Waals surface area (Å²) in [5, 5.41) is 2.84. The summed E-state index contributed by atoms with van der Waals surface area (Å²) >= 11 is 0. The molecule has 21 heavy (non-hydrogen) atoms. The van der Waals surface area contributed by atoms with Crippen LogP contribution in [-0.4, -0.2) is 49.9 Å². The highest BCUT2D eigenvalue weighted by atomic mass is 32.2. The third-order valence-electron chi connectivity index (χ3n) is 3.89. The van der Waals surface area contributed by atoms with Gasteiger partial charge in [-0.05, 0) is 26.0 Å². The van der Waals surface area contributed by atoms with Crippen molar-refractivity contribution in [1.82, 2.24) is 10.2 Å². The molecule has 1 amide bonds.